The van der Waals surface area contributed by atoms with Crippen molar-refractivity contribution in [3.8, 4) is 0 Å². The van der Waals surface area contributed by atoms with Gasteiger partial charge < -0.3 is 15.3 Å². The number of benzene rings is 1. The Hall–Kier alpha value is -1.82. The summed E-state index contributed by atoms with van der Waals surface area (Å²) < 4.78 is 6.04. The first-order chi connectivity index (χ1) is 12.0. The molecule has 25 heavy (non-hydrogen) atoms. The highest BCUT2D eigenvalue weighted by atomic mass is 35.5. The van der Waals surface area contributed by atoms with Gasteiger partial charge in [0.1, 0.15) is 0 Å². The van der Waals surface area contributed by atoms with Crippen LogP contribution >= 0.6 is 23.2 Å². The number of pyridine rings is 1. The lowest BCUT2D eigenvalue weighted by Gasteiger charge is -2.38. The quantitative estimate of drug-likeness (QED) is 0.654. The molecule has 0 saturated carbocycles. The Balaban J connectivity index is 1.84. The van der Waals surface area contributed by atoms with Crippen molar-refractivity contribution in [2.24, 2.45) is 0 Å². The molecular weight excluding hydrogens is 363 g/mol. The van der Waals surface area contributed by atoms with Crippen LogP contribution in [0.2, 0.25) is 10.0 Å². The number of halogens is 2. The van der Waals surface area contributed by atoms with Crippen molar-refractivity contribution in [2.75, 3.05) is 19.8 Å². The molecule has 1 N–H and O–H groups in total. The van der Waals surface area contributed by atoms with Crippen molar-refractivity contribution in [3.63, 3.8) is 0 Å². The topological polar surface area (TPSA) is 65.3 Å². The molecular formula is C18H18Cl2N2O3. The number of nitrogens with zero attached hydrogens (tertiary/aromatic N) is 1. The van der Waals surface area contributed by atoms with E-state index in [4.69, 9.17) is 27.9 Å². The summed E-state index contributed by atoms with van der Waals surface area (Å²) in [4.78, 5) is 12.4. The van der Waals surface area contributed by atoms with Gasteiger partial charge in [0, 0.05) is 47.4 Å². The van der Waals surface area contributed by atoms with Crippen LogP contribution in [0.1, 0.15) is 28.9 Å². The molecule has 0 atom stereocenters. The zero-order valence-corrected chi connectivity index (χ0v) is 15.0. The van der Waals surface area contributed by atoms with E-state index in [9.17, 15) is 10.0 Å². The molecule has 1 aliphatic rings. The minimum Gasteiger partial charge on any atom is -0.618 e. The van der Waals surface area contributed by atoms with Crippen LogP contribution in [-0.4, -0.2) is 25.7 Å². The van der Waals surface area contributed by atoms with E-state index < -0.39 is 5.91 Å². The maximum absolute atomic E-state index is 12.4. The monoisotopic (exact) mass is 380 g/mol. The van der Waals surface area contributed by atoms with Crippen molar-refractivity contribution in [1.82, 2.24) is 5.32 Å². The van der Waals surface area contributed by atoms with E-state index in [-0.39, 0.29) is 11.1 Å². The molecule has 0 radical (unpaired) electrons. The molecule has 5 nitrogen and oxygen atoms in total. The third-order valence-corrected chi connectivity index (χ3v) is 5.14. The van der Waals surface area contributed by atoms with Crippen LogP contribution in [0, 0.1) is 5.21 Å². The Labute approximate surface area is 156 Å². The van der Waals surface area contributed by atoms with E-state index in [1.807, 2.05) is 6.07 Å². The van der Waals surface area contributed by atoms with Crippen LogP contribution in [0.25, 0.3) is 0 Å². The number of ether oxygens (including phenoxy) is 1. The van der Waals surface area contributed by atoms with Gasteiger partial charge in [0.15, 0.2) is 6.20 Å². The summed E-state index contributed by atoms with van der Waals surface area (Å²) in [7, 11) is 0. The number of carbonyl (C=O) groups is 1. The first kappa shape index (κ1) is 18.0. The highest BCUT2D eigenvalue weighted by Crippen LogP contribution is 2.39. The van der Waals surface area contributed by atoms with E-state index >= 15 is 0 Å². The first-order valence-electron chi connectivity index (χ1n) is 8.01. The van der Waals surface area contributed by atoms with E-state index in [2.05, 4.69) is 5.32 Å². The Morgan fingerprint density at radius 2 is 2.00 bits per heavy atom. The Bertz CT molecular complexity index is 777. The maximum Gasteiger partial charge on any atom is 0.317 e. The number of nitrogens with one attached hydrogen (secondary N) is 1. The predicted octanol–water partition coefficient (Wildman–Crippen LogP) is 3.11. The summed E-state index contributed by atoms with van der Waals surface area (Å²) in [6.45, 7) is 1.54. The molecule has 0 bridgehead atoms. The molecule has 0 unspecified atom stereocenters. The SMILES string of the molecule is O=C(NCC1(c2ccc(Cl)cc2Cl)CCOCC1)c1cccc[n+]1[O-]. The highest BCUT2D eigenvalue weighted by Gasteiger charge is 2.37. The van der Waals surface area contributed by atoms with Gasteiger partial charge >= 0.3 is 5.91 Å². The predicted molar refractivity (Wildman–Crippen MR) is 95.9 cm³/mol. The van der Waals surface area contributed by atoms with Crippen LogP contribution in [0.5, 0.6) is 0 Å². The minimum absolute atomic E-state index is 0.0620. The van der Waals surface area contributed by atoms with E-state index in [0.717, 1.165) is 18.4 Å². The van der Waals surface area contributed by atoms with Gasteiger partial charge in [-0.1, -0.05) is 29.3 Å². The smallest absolute Gasteiger partial charge is 0.317 e. The number of amides is 1. The molecule has 1 fully saturated rings. The van der Waals surface area contributed by atoms with Gasteiger partial charge in [0.25, 0.3) is 5.69 Å². The number of hydrogen-bond acceptors (Lipinski definition) is 3. The van der Waals surface area contributed by atoms with Crippen molar-refractivity contribution < 1.29 is 14.3 Å². The average molecular weight is 381 g/mol. The second kappa shape index (κ2) is 7.60. The number of rotatable bonds is 4. The molecule has 2 aromatic rings. The summed E-state index contributed by atoms with van der Waals surface area (Å²) >= 11 is 12.4. The summed E-state index contributed by atoms with van der Waals surface area (Å²) in [6.07, 6.45) is 2.75. The fourth-order valence-corrected chi connectivity index (χ4v) is 3.78. The van der Waals surface area contributed by atoms with E-state index in [1.54, 1.807) is 24.3 Å². The minimum atomic E-state index is -0.411. The Morgan fingerprint density at radius 3 is 2.68 bits per heavy atom. The molecule has 1 aliphatic heterocycles. The van der Waals surface area contributed by atoms with Crippen LogP contribution in [-0.2, 0) is 10.2 Å². The fraction of sp³-hybridized carbons (Fsp3) is 0.333. The van der Waals surface area contributed by atoms with Crippen molar-refractivity contribution in [2.45, 2.75) is 18.3 Å². The summed E-state index contributed by atoms with van der Waals surface area (Å²) in [5.41, 5.74) is 0.648. The third-order valence-electron chi connectivity index (χ3n) is 4.60. The maximum atomic E-state index is 12.4. The molecule has 0 spiro atoms. The second-order valence-electron chi connectivity index (χ2n) is 6.11. The zero-order chi connectivity index (χ0) is 17.9. The number of hydrogen-bond donors (Lipinski definition) is 1. The zero-order valence-electron chi connectivity index (χ0n) is 13.5. The molecule has 1 amide bonds. The van der Waals surface area contributed by atoms with Gasteiger partial charge in [-0.3, -0.25) is 4.79 Å². The molecule has 1 aromatic carbocycles. The largest absolute Gasteiger partial charge is 0.618 e. The van der Waals surface area contributed by atoms with Gasteiger partial charge in [-0.25, -0.2) is 0 Å². The Morgan fingerprint density at radius 1 is 1.24 bits per heavy atom. The molecule has 1 saturated heterocycles. The normalized spacial score (nSPS) is 16.4. The van der Waals surface area contributed by atoms with Crippen LogP contribution in [0.4, 0.5) is 0 Å². The molecule has 3 rings (SSSR count). The van der Waals surface area contributed by atoms with E-state index in [0.29, 0.717) is 34.5 Å². The summed E-state index contributed by atoms with van der Waals surface area (Å²) in [6, 6.07) is 10.1. The summed E-state index contributed by atoms with van der Waals surface area (Å²) in [5, 5.41) is 15.8. The van der Waals surface area contributed by atoms with Crippen LogP contribution < -0.4 is 10.0 Å². The van der Waals surface area contributed by atoms with Gasteiger partial charge in [-0.15, -0.1) is 0 Å². The molecule has 7 heteroatoms. The van der Waals surface area contributed by atoms with Gasteiger partial charge in [0.2, 0.25) is 0 Å². The lowest BCUT2D eigenvalue weighted by atomic mass is 9.74. The lowest BCUT2D eigenvalue weighted by molar-refractivity contribution is -0.607. The van der Waals surface area contributed by atoms with Gasteiger partial charge in [0.05, 0.1) is 0 Å². The molecule has 0 aliphatic carbocycles. The van der Waals surface area contributed by atoms with Crippen LogP contribution in [0.15, 0.2) is 42.6 Å². The third kappa shape index (κ3) is 3.89. The first-order valence-corrected chi connectivity index (χ1v) is 8.77. The Kier molecular flexibility index (Phi) is 5.47. The standard InChI is InChI=1S/C18H18Cl2N2O3/c19-13-4-5-14(15(20)11-13)18(6-9-25-10-7-18)12-21-17(23)16-3-1-2-8-22(16)24/h1-5,8,11H,6-7,9-10,12H2,(H,21,23). The average Bonchev–Trinajstić information content (AvgIpc) is 2.61. The highest BCUT2D eigenvalue weighted by molar-refractivity contribution is 6.35. The second-order valence-corrected chi connectivity index (χ2v) is 6.95. The number of aromatic nitrogens is 1. The molecule has 132 valence electrons. The van der Waals surface area contributed by atoms with Crippen molar-refractivity contribution in [1.29, 1.82) is 0 Å². The lowest BCUT2D eigenvalue weighted by Crippen LogP contribution is -2.47. The number of carbonyl (C=O) groups excluding carboxylic acids is 1. The van der Waals surface area contributed by atoms with Crippen molar-refractivity contribution in [3.05, 3.63) is 69.1 Å². The fourth-order valence-electron chi connectivity index (χ4n) is 3.17. The molecule has 1 aromatic heterocycles. The molecule has 2 heterocycles. The van der Waals surface area contributed by atoms with E-state index in [1.165, 1.54) is 12.3 Å². The van der Waals surface area contributed by atoms with Crippen molar-refractivity contribution >= 4 is 29.1 Å². The van der Waals surface area contributed by atoms with Gasteiger partial charge in [-0.2, -0.15) is 4.73 Å². The van der Waals surface area contributed by atoms with Gasteiger partial charge in [-0.05, 0) is 36.6 Å². The van der Waals surface area contributed by atoms with Crippen LogP contribution in [0.3, 0.4) is 0 Å². The summed E-state index contributed by atoms with van der Waals surface area (Å²) in [5.74, 6) is -0.411.